The normalized spacial score (nSPS) is 13.3. The van der Waals surface area contributed by atoms with Crippen molar-refractivity contribution >= 4 is 11.5 Å². The molecule has 0 spiro atoms. The molecule has 0 aliphatic rings. The summed E-state index contributed by atoms with van der Waals surface area (Å²) in [5.41, 5.74) is 4.57. The van der Waals surface area contributed by atoms with Crippen LogP contribution in [0.4, 0.5) is 5.69 Å². The Morgan fingerprint density at radius 2 is 1.45 bits per heavy atom. The van der Waals surface area contributed by atoms with Gasteiger partial charge in [-0.2, -0.15) is 0 Å². The molecule has 0 aliphatic heterocycles. The number of rotatable bonds is 20. The van der Waals surface area contributed by atoms with Crippen LogP contribution < -0.4 is 14.8 Å². The molecule has 3 atom stereocenters. The molecule has 0 saturated heterocycles. The van der Waals surface area contributed by atoms with E-state index in [2.05, 4.69) is 41.7 Å². The monoisotopic (exact) mass is 575 g/mol. The second-order valence-electron chi connectivity index (χ2n) is 11.3. The van der Waals surface area contributed by atoms with Gasteiger partial charge in [0.15, 0.2) is 11.5 Å². The quantitative estimate of drug-likeness (QED) is 0.127. The third-order valence-corrected chi connectivity index (χ3v) is 7.77. The Labute approximate surface area is 252 Å². The van der Waals surface area contributed by atoms with Crippen LogP contribution in [0.5, 0.6) is 11.5 Å². The number of ether oxygens (including phenoxy) is 2. The molecule has 3 unspecified atom stereocenters. The summed E-state index contributed by atoms with van der Waals surface area (Å²) >= 11 is 0. The number of benzene rings is 3. The van der Waals surface area contributed by atoms with E-state index < -0.39 is 12.2 Å². The lowest BCUT2D eigenvalue weighted by Gasteiger charge is -2.23. The Morgan fingerprint density at radius 3 is 2.19 bits per heavy atom. The summed E-state index contributed by atoms with van der Waals surface area (Å²) in [7, 11) is 3.20. The number of nitrogens with one attached hydrogen (secondary N) is 1. The molecule has 0 radical (unpaired) electrons. The Hall–Kier alpha value is -3.35. The SMILES string of the molecule is COc1ccc(CCC(=O)CC(O)CCCCCCCc2cccc(NC(Cc3ccccc3)C(C)O)c2)cc1OC. The van der Waals surface area contributed by atoms with Gasteiger partial charge in [-0.1, -0.05) is 74.2 Å². The van der Waals surface area contributed by atoms with Crippen LogP contribution in [-0.2, 0) is 24.1 Å². The molecule has 0 aliphatic carbocycles. The van der Waals surface area contributed by atoms with Crippen LogP contribution in [0, 0.1) is 0 Å². The number of aryl methyl sites for hydroxylation is 2. The van der Waals surface area contributed by atoms with E-state index in [-0.39, 0.29) is 18.2 Å². The molecule has 0 heterocycles. The van der Waals surface area contributed by atoms with Gasteiger partial charge in [0.1, 0.15) is 5.78 Å². The zero-order valence-corrected chi connectivity index (χ0v) is 25.6. The lowest BCUT2D eigenvalue weighted by atomic mass is 9.99. The minimum Gasteiger partial charge on any atom is -0.493 e. The number of hydrogen-bond donors (Lipinski definition) is 3. The maximum atomic E-state index is 12.4. The summed E-state index contributed by atoms with van der Waals surface area (Å²) in [6.07, 6.45) is 8.07. The van der Waals surface area contributed by atoms with E-state index in [0.29, 0.717) is 30.8 Å². The molecule has 3 aromatic carbocycles. The molecule has 0 fully saturated rings. The van der Waals surface area contributed by atoms with Crippen LogP contribution in [-0.4, -0.2) is 48.5 Å². The topological polar surface area (TPSA) is 88.0 Å². The third kappa shape index (κ3) is 11.9. The zero-order valence-electron chi connectivity index (χ0n) is 25.6. The molecule has 0 saturated carbocycles. The first-order valence-corrected chi connectivity index (χ1v) is 15.4. The summed E-state index contributed by atoms with van der Waals surface area (Å²) in [5, 5.41) is 24.2. The first-order chi connectivity index (χ1) is 20.4. The van der Waals surface area contributed by atoms with Crippen LogP contribution in [0.2, 0.25) is 0 Å². The van der Waals surface area contributed by atoms with E-state index in [4.69, 9.17) is 9.47 Å². The van der Waals surface area contributed by atoms with Crippen molar-refractivity contribution in [1.82, 2.24) is 0 Å². The van der Waals surface area contributed by atoms with Gasteiger partial charge in [0, 0.05) is 18.5 Å². The third-order valence-electron chi connectivity index (χ3n) is 7.77. The van der Waals surface area contributed by atoms with E-state index in [9.17, 15) is 15.0 Å². The van der Waals surface area contributed by atoms with Crippen molar-refractivity contribution in [3.63, 3.8) is 0 Å². The van der Waals surface area contributed by atoms with Gasteiger partial charge in [-0.15, -0.1) is 0 Å². The molecule has 228 valence electrons. The maximum absolute atomic E-state index is 12.4. The number of ketones is 1. The number of methoxy groups -OCH3 is 2. The lowest BCUT2D eigenvalue weighted by molar-refractivity contribution is -0.121. The largest absolute Gasteiger partial charge is 0.493 e. The zero-order chi connectivity index (χ0) is 30.2. The van der Waals surface area contributed by atoms with Crippen molar-refractivity contribution < 1.29 is 24.5 Å². The highest BCUT2D eigenvalue weighted by Gasteiger charge is 2.16. The van der Waals surface area contributed by atoms with Gasteiger partial charge in [0.2, 0.25) is 0 Å². The van der Waals surface area contributed by atoms with Crippen molar-refractivity contribution in [1.29, 1.82) is 0 Å². The second kappa shape index (κ2) is 18.2. The molecule has 0 aromatic heterocycles. The number of hydrogen-bond acceptors (Lipinski definition) is 6. The Bertz CT molecular complexity index is 1200. The van der Waals surface area contributed by atoms with E-state index in [1.54, 1.807) is 14.2 Å². The maximum Gasteiger partial charge on any atom is 0.160 e. The predicted molar refractivity (Wildman–Crippen MR) is 171 cm³/mol. The average Bonchev–Trinajstić information content (AvgIpc) is 2.99. The molecule has 0 bridgehead atoms. The summed E-state index contributed by atoms with van der Waals surface area (Å²) in [5.74, 6) is 1.42. The fourth-order valence-electron chi connectivity index (χ4n) is 5.27. The van der Waals surface area contributed by atoms with E-state index in [1.165, 1.54) is 11.1 Å². The van der Waals surface area contributed by atoms with Crippen LogP contribution in [0.3, 0.4) is 0 Å². The molecule has 6 nitrogen and oxygen atoms in total. The molecule has 42 heavy (non-hydrogen) atoms. The van der Waals surface area contributed by atoms with Crippen LogP contribution in [0.1, 0.15) is 75.0 Å². The van der Waals surface area contributed by atoms with Crippen molar-refractivity contribution in [2.24, 2.45) is 0 Å². The average molecular weight is 576 g/mol. The second-order valence-corrected chi connectivity index (χ2v) is 11.3. The number of anilines is 1. The lowest BCUT2D eigenvalue weighted by Crippen LogP contribution is -2.33. The molecule has 6 heteroatoms. The highest BCUT2D eigenvalue weighted by Crippen LogP contribution is 2.28. The molecule has 3 aromatic rings. The summed E-state index contributed by atoms with van der Waals surface area (Å²) < 4.78 is 10.6. The summed E-state index contributed by atoms with van der Waals surface area (Å²) in [6.45, 7) is 1.84. The van der Waals surface area contributed by atoms with Gasteiger partial charge in [-0.3, -0.25) is 4.79 Å². The first kappa shape index (κ1) is 33.2. The van der Waals surface area contributed by atoms with Gasteiger partial charge in [0.25, 0.3) is 0 Å². The van der Waals surface area contributed by atoms with E-state index in [1.807, 2.05) is 43.3 Å². The Kier molecular flexibility index (Phi) is 14.4. The summed E-state index contributed by atoms with van der Waals surface area (Å²) in [4.78, 5) is 12.4. The van der Waals surface area contributed by atoms with Crippen molar-refractivity contribution in [3.8, 4) is 11.5 Å². The van der Waals surface area contributed by atoms with Gasteiger partial charge in [-0.25, -0.2) is 0 Å². The van der Waals surface area contributed by atoms with Crippen LogP contribution >= 0.6 is 0 Å². The molecule has 3 rings (SSSR count). The van der Waals surface area contributed by atoms with Gasteiger partial charge < -0.3 is 25.0 Å². The van der Waals surface area contributed by atoms with Gasteiger partial charge >= 0.3 is 0 Å². The van der Waals surface area contributed by atoms with Crippen LogP contribution in [0.25, 0.3) is 0 Å². The van der Waals surface area contributed by atoms with Crippen molar-refractivity contribution in [2.45, 2.75) is 95.8 Å². The minimum atomic E-state index is -0.564. The van der Waals surface area contributed by atoms with Crippen molar-refractivity contribution in [2.75, 3.05) is 19.5 Å². The summed E-state index contributed by atoms with van der Waals surface area (Å²) in [6, 6.07) is 24.4. The van der Waals surface area contributed by atoms with E-state index in [0.717, 1.165) is 56.2 Å². The number of carbonyl (C=O) groups is 1. The van der Waals surface area contributed by atoms with Crippen molar-refractivity contribution in [3.05, 3.63) is 89.5 Å². The van der Waals surface area contributed by atoms with E-state index >= 15 is 0 Å². The molecular weight excluding hydrogens is 526 g/mol. The number of unbranched alkanes of at least 4 members (excludes halogenated alkanes) is 4. The fourth-order valence-corrected chi connectivity index (χ4v) is 5.27. The number of aliphatic hydroxyl groups excluding tert-OH is 2. The highest BCUT2D eigenvalue weighted by molar-refractivity contribution is 5.79. The Morgan fingerprint density at radius 1 is 0.762 bits per heavy atom. The van der Waals surface area contributed by atoms with Crippen LogP contribution in [0.15, 0.2) is 72.8 Å². The molecular formula is C36H49NO5. The fraction of sp³-hybridized carbons (Fsp3) is 0.472. The standard InChI is InChI=1S/C36H49NO5/c1-27(38)34(24-29-14-9-7-10-15-29)37-31-17-12-16-28(23-31)13-8-5-4-6-11-18-32(39)26-33(40)21-19-30-20-22-35(41-2)36(25-30)42-3/h7,9-10,12,14-17,20,22-23,25,27,32,34,37-39H,4-6,8,11,13,18-19,21,24,26H2,1-3H3. The van der Waals surface area contributed by atoms with Gasteiger partial charge in [0.05, 0.1) is 32.5 Å². The number of Topliss-reactive ketones (excluding diaryl/α,β-unsaturated/α-hetero) is 1. The Balaban J connectivity index is 1.28. The molecule has 0 amide bonds. The smallest absolute Gasteiger partial charge is 0.160 e. The van der Waals surface area contributed by atoms with Gasteiger partial charge in [-0.05, 0) is 80.0 Å². The minimum absolute atomic E-state index is 0.0501. The first-order valence-electron chi connectivity index (χ1n) is 15.4. The molecule has 3 N–H and O–H groups in total. The number of carbonyl (C=O) groups excluding carboxylic acids is 1. The predicted octanol–water partition coefficient (Wildman–Crippen LogP) is 6.94. The number of aliphatic hydroxyl groups is 2. The highest BCUT2D eigenvalue weighted by atomic mass is 16.5.